The first kappa shape index (κ1) is 13.0. The highest BCUT2D eigenvalue weighted by Gasteiger charge is 2.26. The zero-order valence-corrected chi connectivity index (χ0v) is 11.9. The maximum atomic E-state index is 9.47. The molecule has 3 rings (SSSR count). The van der Waals surface area contributed by atoms with Crippen molar-refractivity contribution in [2.75, 3.05) is 6.61 Å². The third-order valence-electron chi connectivity index (χ3n) is 3.97. The van der Waals surface area contributed by atoms with Crippen LogP contribution in [0.2, 0.25) is 0 Å². The summed E-state index contributed by atoms with van der Waals surface area (Å²) in [6.45, 7) is 4.78. The van der Waals surface area contributed by atoms with Crippen LogP contribution in [0.1, 0.15) is 35.8 Å². The van der Waals surface area contributed by atoms with Gasteiger partial charge in [0.05, 0.1) is 12.2 Å². The van der Waals surface area contributed by atoms with Crippen LogP contribution in [-0.4, -0.2) is 21.5 Å². The lowest BCUT2D eigenvalue weighted by atomic mass is 10.0. The van der Waals surface area contributed by atoms with Crippen molar-refractivity contribution in [3.05, 3.63) is 41.2 Å². The Labute approximate surface area is 118 Å². The van der Waals surface area contributed by atoms with Crippen LogP contribution in [0.4, 0.5) is 0 Å². The highest BCUT2D eigenvalue weighted by molar-refractivity contribution is 5.44. The predicted octanol–water partition coefficient (Wildman–Crippen LogP) is 2.22. The van der Waals surface area contributed by atoms with Crippen LogP contribution >= 0.6 is 0 Å². The first-order chi connectivity index (χ1) is 9.56. The number of phenols is 1. The second-order valence-corrected chi connectivity index (χ2v) is 5.28. The minimum atomic E-state index is 0.139. The van der Waals surface area contributed by atoms with Gasteiger partial charge in [-0.1, -0.05) is 0 Å². The average molecular weight is 273 g/mol. The average Bonchev–Trinajstić information content (AvgIpc) is 2.95. The molecule has 2 unspecified atom stereocenters. The number of nitrogens with zero attached hydrogens (tertiary/aromatic N) is 2. The number of benzene rings is 1. The van der Waals surface area contributed by atoms with Gasteiger partial charge in [-0.15, -0.1) is 0 Å². The molecule has 20 heavy (non-hydrogen) atoms. The molecule has 0 fully saturated rings. The highest BCUT2D eigenvalue weighted by atomic mass is 16.5. The van der Waals surface area contributed by atoms with Crippen molar-refractivity contribution < 1.29 is 9.84 Å². The molecule has 5 heteroatoms. The number of hydrogen-bond acceptors (Lipinski definition) is 4. The lowest BCUT2D eigenvalue weighted by Gasteiger charge is -2.18. The smallest absolute Gasteiger partial charge is 0.127 e. The SMILES string of the molecule is Cc1c(C(C)NC2COc3cc(O)ccc32)cnn1C. The van der Waals surface area contributed by atoms with Gasteiger partial charge in [0.2, 0.25) is 0 Å². The van der Waals surface area contributed by atoms with Gasteiger partial charge in [0.1, 0.15) is 18.1 Å². The largest absolute Gasteiger partial charge is 0.508 e. The molecule has 2 N–H and O–H groups in total. The van der Waals surface area contributed by atoms with E-state index in [-0.39, 0.29) is 17.8 Å². The van der Waals surface area contributed by atoms with Crippen molar-refractivity contribution in [1.29, 1.82) is 0 Å². The van der Waals surface area contributed by atoms with E-state index in [0.717, 1.165) is 17.0 Å². The molecule has 1 aromatic heterocycles. The molecule has 2 aromatic rings. The molecular formula is C15H19N3O2. The van der Waals surface area contributed by atoms with Gasteiger partial charge >= 0.3 is 0 Å². The minimum absolute atomic E-state index is 0.139. The van der Waals surface area contributed by atoms with E-state index in [2.05, 4.69) is 24.3 Å². The van der Waals surface area contributed by atoms with Crippen molar-refractivity contribution >= 4 is 0 Å². The first-order valence-electron chi connectivity index (χ1n) is 6.76. The number of aromatic nitrogens is 2. The van der Waals surface area contributed by atoms with Crippen molar-refractivity contribution in [1.82, 2.24) is 15.1 Å². The summed E-state index contributed by atoms with van der Waals surface area (Å²) in [7, 11) is 1.95. The third-order valence-corrected chi connectivity index (χ3v) is 3.97. The van der Waals surface area contributed by atoms with E-state index in [1.54, 1.807) is 12.1 Å². The highest BCUT2D eigenvalue weighted by Crippen LogP contribution is 2.36. The minimum Gasteiger partial charge on any atom is -0.508 e. The molecule has 0 bridgehead atoms. The fraction of sp³-hybridized carbons (Fsp3) is 0.400. The Morgan fingerprint density at radius 2 is 2.30 bits per heavy atom. The van der Waals surface area contributed by atoms with Gasteiger partial charge in [0.15, 0.2) is 0 Å². The number of aromatic hydroxyl groups is 1. The number of hydrogen-bond donors (Lipinski definition) is 2. The Morgan fingerprint density at radius 3 is 3.00 bits per heavy atom. The van der Waals surface area contributed by atoms with Gasteiger partial charge in [-0.05, 0) is 26.0 Å². The molecule has 0 saturated heterocycles. The monoisotopic (exact) mass is 273 g/mol. The standard InChI is InChI=1S/C15H19N3O2/c1-9(13-7-16-18(3)10(13)2)17-14-8-20-15-6-11(19)4-5-12(14)15/h4-7,9,14,17,19H,8H2,1-3H3. The Hall–Kier alpha value is -2.01. The molecule has 2 heterocycles. The summed E-state index contributed by atoms with van der Waals surface area (Å²) in [4.78, 5) is 0. The molecule has 1 aromatic carbocycles. The molecule has 0 saturated carbocycles. The summed E-state index contributed by atoms with van der Waals surface area (Å²) in [6.07, 6.45) is 1.90. The van der Waals surface area contributed by atoms with Crippen molar-refractivity contribution in [2.24, 2.45) is 7.05 Å². The molecular weight excluding hydrogens is 254 g/mol. The van der Waals surface area contributed by atoms with E-state index in [1.807, 2.05) is 24.0 Å². The van der Waals surface area contributed by atoms with E-state index < -0.39 is 0 Å². The van der Waals surface area contributed by atoms with E-state index in [1.165, 1.54) is 5.56 Å². The van der Waals surface area contributed by atoms with Crippen LogP contribution in [0.5, 0.6) is 11.5 Å². The topological polar surface area (TPSA) is 59.3 Å². The normalized spacial score (nSPS) is 18.6. The van der Waals surface area contributed by atoms with Crippen LogP contribution < -0.4 is 10.1 Å². The Morgan fingerprint density at radius 1 is 1.50 bits per heavy atom. The lowest BCUT2D eigenvalue weighted by Crippen LogP contribution is -2.26. The fourth-order valence-electron chi connectivity index (χ4n) is 2.67. The summed E-state index contributed by atoms with van der Waals surface area (Å²) < 4.78 is 7.50. The van der Waals surface area contributed by atoms with Crippen LogP contribution in [-0.2, 0) is 7.05 Å². The maximum Gasteiger partial charge on any atom is 0.127 e. The zero-order chi connectivity index (χ0) is 14.3. The number of ether oxygens (including phenoxy) is 1. The third kappa shape index (κ3) is 2.14. The second kappa shape index (κ2) is 4.83. The Bertz CT molecular complexity index is 636. The van der Waals surface area contributed by atoms with Crippen LogP contribution in [0.25, 0.3) is 0 Å². The van der Waals surface area contributed by atoms with E-state index in [0.29, 0.717) is 6.61 Å². The van der Waals surface area contributed by atoms with Gasteiger partial charge in [0.25, 0.3) is 0 Å². The fourth-order valence-corrected chi connectivity index (χ4v) is 2.67. The molecule has 5 nitrogen and oxygen atoms in total. The zero-order valence-electron chi connectivity index (χ0n) is 11.9. The van der Waals surface area contributed by atoms with Crippen molar-refractivity contribution in [3.8, 4) is 11.5 Å². The summed E-state index contributed by atoms with van der Waals surface area (Å²) in [5.41, 5.74) is 3.45. The van der Waals surface area contributed by atoms with Gasteiger partial charge in [-0.3, -0.25) is 4.68 Å². The van der Waals surface area contributed by atoms with Gasteiger partial charge in [0, 0.05) is 36.0 Å². The van der Waals surface area contributed by atoms with Crippen LogP contribution in [0.15, 0.2) is 24.4 Å². The summed E-state index contributed by atoms with van der Waals surface area (Å²) in [5, 5.41) is 17.3. The molecule has 1 aliphatic rings. The van der Waals surface area contributed by atoms with Crippen LogP contribution in [0, 0.1) is 6.92 Å². The molecule has 0 spiro atoms. The second-order valence-electron chi connectivity index (χ2n) is 5.28. The van der Waals surface area contributed by atoms with E-state index in [9.17, 15) is 5.11 Å². The predicted molar refractivity (Wildman–Crippen MR) is 75.8 cm³/mol. The van der Waals surface area contributed by atoms with Gasteiger partial charge < -0.3 is 15.2 Å². The quantitative estimate of drug-likeness (QED) is 0.900. The first-order valence-corrected chi connectivity index (χ1v) is 6.76. The Balaban J connectivity index is 1.79. The molecule has 2 atom stereocenters. The number of fused-ring (bicyclic) bond motifs is 1. The Kier molecular flexibility index (Phi) is 3.14. The number of rotatable bonds is 3. The van der Waals surface area contributed by atoms with E-state index in [4.69, 9.17) is 4.74 Å². The van der Waals surface area contributed by atoms with Crippen LogP contribution in [0.3, 0.4) is 0 Å². The lowest BCUT2D eigenvalue weighted by molar-refractivity contribution is 0.300. The summed E-state index contributed by atoms with van der Waals surface area (Å²) in [6, 6.07) is 5.61. The summed E-state index contributed by atoms with van der Waals surface area (Å²) in [5.74, 6) is 0.998. The molecule has 0 radical (unpaired) electrons. The number of phenolic OH excluding ortho intramolecular Hbond substituents is 1. The summed E-state index contributed by atoms with van der Waals surface area (Å²) >= 11 is 0. The van der Waals surface area contributed by atoms with Crippen molar-refractivity contribution in [3.63, 3.8) is 0 Å². The number of aryl methyl sites for hydroxylation is 1. The van der Waals surface area contributed by atoms with Gasteiger partial charge in [-0.2, -0.15) is 5.10 Å². The molecule has 0 amide bonds. The maximum absolute atomic E-state index is 9.47. The molecule has 0 aliphatic carbocycles. The van der Waals surface area contributed by atoms with E-state index >= 15 is 0 Å². The molecule has 1 aliphatic heterocycles. The van der Waals surface area contributed by atoms with Crippen molar-refractivity contribution in [2.45, 2.75) is 25.9 Å². The molecule has 106 valence electrons. The van der Waals surface area contributed by atoms with Gasteiger partial charge in [-0.25, -0.2) is 0 Å². The number of nitrogens with one attached hydrogen (secondary N) is 1.